The van der Waals surface area contributed by atoms with Gasteiger partial charge in [-0.2, -0.15) is 13.2 Å². The van der Waals surface area contributed by atoms with Crippen LogP contribution in [0.4, 0.5) is 17.6 Å². The Morgan fingerprint density at radius 3 is 2.27 bits per heavy atom. The summed E-state index contributed by atoms with van der Waals surface area (Å²) in [4.78, 5) is 12.8. The van der Waals surface area contributed by atoms with Crippen LogP contribution < -0.4 is 10.6 Å². The van der Waals surface area contributed by atoms with Crippen molar-refractivity contribution in [3.63, 3.8) is 0 Å². The summed E-state index contributed by atoms with van der Waals surface area (Å²) in [5.74, 6) is -0.754. The molecule has 3 N–H and O–H groups in total. The van der Waals surface area contributed by atoms with Gasteiger partial charge in [-0.3, -0.25) is 10.1 Å². The number of likely N-dealkylation sites (N-methyl/N-ethyl adjacent to an activating group) is 1. The number of alkyl halides is 3. The lowest BCUT2D eigenvalue weighted by atomic mass is 9.88. The van der Waals surface area contributed by atoms with Crippen molar-refractivity contribution in [2.24, 2.45) is 0 Å². The highest BCUT2D eigenvalue weighted by molar-refractivity contribution is 5.83. The molecule has 1 heterocycles. The van der Waals surface area contributed by atoms with Crippen LogP contribution in [-0.2, 0) is 27.7 Å². The molecular formula is C28H28F4N2O3. The summed E-state index contributed by atoms with van der Waals surface area (Å²) in [6.45, 7) is 0.354. The number of aryl methyl sites for hydroxylation is 1. The van der Waals surface area contributed by atoms with Crippen molar-refractivity contribution in [3.8, 4) is 0 Å². The van der Waals surface area contributed by atoms with Crippen molar-refractivity contribution in [2.75, 3.05) is 20.3 Å². The Balaban J connectivity index is 1.63. The zero-order chi connectivity index (χ0) is 26.6. The van der Waals surface area contributed by atoms with Crippen LogP contribution >= 0.6 is 0 Å². The zero-order valence-corrected chi connectivity index (χ0v) is 20.2. The monoisotopic (exact) mass is 516 g/mol. The SMILES string of the molecule is CNC(=O)C(N[C@@H](CCc1ccc(C(F)(F)F)cc1)c1cccc(C2(O)COC2)c1)c1ccc(F)cc1. The zero-order valence-electron chi connectivity index (χ0n) is 20.2. The summed E-state index contributed by atoms with van der Waals surface area (Å²) in [6, 6.07) is 16.7. The van der Waals surface area contributed by atoms with Crippen molar-refractivity contribution >= 4 is 5.91 Å². The summed E-state index contributed by atoms with van der Waals surface area (Å²) in [5, 5.41) is 16.7. The second-order valence-corrected chi connectivity index (χ2v) is 9.20. The van der Waals surface area contributed by atoms with Crippen molar-refractivity contribution in [2.45, 2.75) is 36.7 Å². The van der Waals surface area contributed by atoms with E-state index in [0.29, 0.717) is 29.5 Å². The van der Waals surface area contributed by atoms with Crippen molar-refractivity contribution in [3.05, 3.63) is 106 Å². The number of carbonyl (C=O) groups excluding carboxylic acids is 1. The molecule has 0 aliphatic carbocycles. The van der Waals surface area contributed by atoms with Gasteiger partial charge in [0.05, 0.1) is 18.8 Å². The molecule has 196 valence electrons. The van der Waals surface area contributed by atoms with Crippen molar-refractivity contribution in [1.29, 1.82) is 0 Å². The first kappa shape index (κ1) is 26.8. The largest absolute Gasteiger partial charge is 0.416 e. The average Bonchev–Trinajstić information content (AvgIpc) is 2.87. The highest BCUT2D eigenvalue weighted by Crippen LogP contribution is 2.33. The number of aliphatic hydroxyl groups is 1. The van der Waals surface area contributed by atoms with Gasteiger partial charge in [0, 0.05) is 13.1 Å². The molecule has 1 unspecified atom stereocenters. The first-order chi connectivity index (χ1) is 17.6. The number of nitrogens with one attached hydrogen (secondary N) is 2. The van der Waals surface area contributed by atoms with E-state index >= 15 is 0 Å². The second-order valence-electron chi connectivity index (χ2n) is 9.20. The summed E-state index contributed by atoms with van der Waals surface area (Å²) in [7, 11) is 1.50. The molecule has 4 rings (SSSR count). The quantitative estimate of drug-likeness (QED) is 0.357. The molecule has 3 aromatic carbocycles. The minimum absolute atomic E-state index is 0.177. The van der Waals surface area contributed by atoms with E-state index in [9.17, 15) is 27.5 Å². The van der Waals surface area contributed by atoms with Crippen LogP contribution in [0.25, 0.3) is 0 Å². The van der Waals surface area contributed by atoms with Crippen LogP contribution in [-0.4, -0.2) is 31.3 Å². The molecule has 0 bridgehead atoms. The first-order valence-electron chi connectivity index (χ1n) is 11.9. The fourth-order valence-electron chi connectivity index (χ4n) is 4.35. The Morgan fingerprint density at radius 2 is 1.70 bits per heavy atom. The fourth-order valence-corrected chi connectivity index (χ4v) is 4.35. The van der Waals surface area contributed by atoms with Gasteiger partial charge >= 0.3 is 6.18 Å². The first-order valence-corrected chi connectivity index (χ1v) is 11.9. The Bertz CT molecular complexity index is 1210. The Morgan fingerprint density at radius 1 is 1.03 bits per heavy atom. The fraction of sp³-hybridized carbons (Fsp3) is 0.321. The van der Waals surface area contributed by atoms with Gasteiger partial charge in [0.25, 0.3) is 0 Å². The summed E-state index contributed by atoms with van der Waals surface area (Å²) < 4.78 is 57.6. The Kier molecular flexibility index (Phi) is 7.96. The minimum atomic E-state index is -4.41. The highest BCUT2D eigenvalue weighted by atomic mass is 19.4. The van der Waals surface area contributed by atoms with Crippen LogP contribution in [0.2, 0.25) is 0 Å². The van der Waals surface area contributed by atoms with Gasteiger partial charge in [-0.05, 0) is 59.4 Å². The van der Waals surface area contributed by atoms with Gasteiger partial charge in [0.15, 0.2) is 0 Å². The van der Waals surface area contributed by atoms with Crippen LogP contribution in [0.5, 0.6) is 0 Å². The van der Waals surface area contributed by atoms with Crippen LogP contribution in [0.3, 0.4) is 0 Å². The van der Waals surface area contributed by atoms with E-state index in [1.54, 1.807) is 12.1 Å². The van der Waals surface area contributed by atoms with Crippen molar-refractivity contribution < 1.29 is 32.2 Å². The van der Waals surface area contributed by atoms with Gasteiger partial charge in [-0.1, -0.05) is 48.5 Å². The molecule has 1 amide bonds. The van der Waals surface area contributed by atoms with Crippen molar-refractivity contribution in [1.82, 2.24) is 10.6 Å². The smallest absolute Gasteiger partial charge is 0.380 e. The highest BCUT2D eigenvalue weighted by Gasteiger charge is 2.38. The van der Waals surface area contributed by atoms with Gasteiger partial charge < -0.3 is 15.2 Å². The number of hydrogen-bond acceptors (Lipinski definition) is 4. The average molecular weight is 517 g/mol. The number of amides is 1. The molecule has 1 saturated heterocycles. The molecule has 3 aromatic rings. The summed E-state index contributed by atoms with van der Waals surface area (Å²) in [5.41, 5.74) is 0.926. The number of hydrogen-bond donors (Lipinski definition) is 3. The molecule has 0 saturated carbocycles. The predicted molar refractivity (Wildman–Crippen MR) is 130 cm³/mol. The number of rotatable bonds is 9. The molecule has 1 aliphatic rings. The summed E-state index contributed by atoms with van der Waals surface area (Å²) in [6.07, 6.45) is -3.54. The lowest BCUT2D eigenvalue weighted by molar-refractivity contribution is -0.184. The lowest BCUT2D eigenvalue weighted by Gasteiger charge is -2.37. The molecule has 9 heteroatoms. The molecule has 0 spiro atoms. The molecule has 2 atom stereocenters. The van der Waals surface area contributed by atoms with E-state index < -0.39 is 35.2 Å². The second kappa shape index (κ2) is 11.0. The van der Waals surface area contributed by atoms with E-state index in [1.165, 1.54) is 43.4 Å². The normalized spacial score (nSPS) is 16.5. The topological polar surface area (TPSA) is 70.6 Å². The van der Waals surface area contributed by atoms with Gasteiger partial charge in [0.1, 0.15) is 17.5 Å². The maximum Gasteiger partial charge on any atom is 0.416 e. The third kappa shape index (κ3) is 6.36. The number of halogens is 4. The third-order valence-corrected chi connectivity index (χ3v) is 6.59. The maximum absolute atomic E-state index is 13.5. The molecule has 37 heavy (non-hydrogen) atoms. The number of benzene rings is 3. The molecule has 5 nitrogen and oxygen atoms in total. The van der Waals surface area contributed by atoms with Gasteiger partial charge in [0.2, 0.25) is 5.91 Å². The Labute approximate surface area is 212 Å². The lowest BCUT2D eigenvalue weighted by Crippen LogP contribution is -2.46. The number of ether oxygens (including phenoxy) is 1. The minimum Gasteiger partial charge on any atom is -0.380 e. The number of carbonyl (C=O) groups is 1. The summed E-state index contributed by atoms with van der Waals surface area (Å²) >= 11 is 0. The molecule has 0 radical (unpaired) electrons. The predicted octanol–water partition coefficient (Wildman–Crippen LogP) is 4.81. The molecular weight excluding hydrogens is 488 g/mol. The maximum atomic E-state index is 13.5. The molecule has 1 fully saturated rings. The van der Waals surface area contributed by atoms with Crippen LogP contribution in [0.15, 0.2) is 72.8 Å². The third-order valence-electron chi connectivity index (χ3n) is 6.59. The van der Waals surface area contributed by atoms with E-state index in [-0.39, 0.29) is 19.1 Å². The van der Waals surface area contributed by atoms with Crippen LogP contribution in [0.1, 0.15) is 46.3 Å². The standard InChI is InChI=1S/C28H28F4N2O3/c1-33-26(35)25(19-8-12-23(29)13-9-19)34-24(14-7-18-5-10-21(11-6-18)28(30,31)32)20-3-2-4-22(15-20)27(36)16-37-17-27/h2-6,8-13,15,24-25,34,36H,7,14,16-17H2,1H3,(H,33,35)/t24-,25?/m0/s1. The van der Waals surface area contributed by atoms with E-state index in [4.69, 9.17) is 4.74 Å². The Hall–Kier alpha value is -3.27. The van der Waals surface area contributed by atoms with Gasteiger partial charge in [-0.15, -0.1) is 0 Å². The van der Waals surface area contributed by atoms with Gasteiger partial charge in [-0.25, -0.2) is 4.39 Å². The van der Waals surface area contributed by atoms with E-state index in [2.05, 4.69) is 10.6 Å². The molecule has 1 aliphatic heterocycles. The molecule has 0 aromatic heterocycles. The van der Waals surface area contributed by atoms with E-state index in [1.807, 2.05) is 12.1 Å². The van der Waals surface area contributed by atoms with Crippen LogP contribution in [0, 0.1) is 5.82 Å². The van der Waals surface area contributed by atoms with E-state index in [0.717, 1.165) is 17.7 Å².